The predicted molar refractivity (Wildman–Crippen MR) is 97.4 cm³/mol. The normalized spacial score (nSPS) is 20.6. The van der Waals surface area contributed by atoms with Crippen LogP contribution in [0.2, 0.25) is 0 Å². The molecule has 26 heavy (non-hydrogen) atoms. The quantitative estimate of drug-likeness (QED) is 0.824. The second kappa shape index (κ2) is 7.58. The van der Waals surface area contributed by atoms with Crippen LogP contribution in [0.25, 0.3) is 0 Å². The molecule has 5 nitrogen and oxygen atoms in total. The van der Waals surface area contributed by atoms with Crippen molar-refractivity contribution in [3.63, 3.8) is 0 Å². The molecule has 0 unspecified atom stereocenters. The van der Waals surface area contributed by atoms with Gasteiger partial charge in [0.2, 0.25) is 11.8 Å². The number of likely N-dealkylation sites (tertiary alicyclic amines) is 1. The number of oxazole rings is 1. The summed E-state index contributed by atoms with van der Waals surface area (Å²) in [5, 5.41) is 0. The molecule has 1 aromatic carbocycles. The molecule has 1 aromatic heterocycles. The molecular weight excluding hydrogens is 333 g/mol. The van der Waals surface area contributed by atoms with Crippen LogP contribution in [0, 0.1) is 5.82 Å². The number of benzene rings is 1. The van der Waals surface area contributed by atoms with E-state index in [1.54, 1.807) is 18.3 Å². The largest absolute Gasteiger partial charge is 0.445 e. The summed E-state index contributed by atoms with van der Waals surface area (Å²) in [5.74, 6) is 1.16. The summed E-state index contributed by atoms with van der Waals surface area (Å²) in [4.78, 5) is 20.6. The summed E-state index contributed by atoms with van der Waals surface area (Å²) in [6.45, 7) is 3.85. The Balaban J connectivity index is 1.73. The predicted octanol–water partition coefficient (Wildman–Crippen LogP) is 2.85. The zero-order valence-electron chi connectivity index (χ0n) is 15.7. The molecule has 0 N–H and O–H groups in total. The molecule has 2 heterocycles. The number of amides is 1. The van der Waals surface area contributed by atoms with Crippen LogP contribution >= 0.6 is 0 Å². The number of nitrogens with zero attached hydrogens (tertiary/aromatic N) is 3. The van der Waals surface area contributed by atoms with Gasteiger partial charge in [0.15, 0.2) is 0 Å². The molecule has 0 aliphatic carbocycles. The SMILES string of the molecule is CN(C)CC(=O)N1CCC[C@](C)(c2ncc(Cc3ccccc3F)o2)C1. The first kappa shape index (κ1) is 18.6. The monoisotopic (exact) mass is 359 g/mol. The average molecular weight is 359 g/mol. The van der Waals surface area contributed by atoms with E-state index < -0.39 is 0 Å². The molecule has 1 aliphatic rings. The van der Waals surface area contributed by atoms with Gasteiger partial charge in [0.25, 0.3) is 0 Å². The Morgan fingerprint density at radius 3 is 2.88 bits per heavy atom. The van der Waals surface area contributed by atoms with Gasteiger partial charge in [-0.15, -0.1) is 0 Å². The minimum absolute atomic E-state index is 0.124. The van der Waals surface area contributed by atoms with E-state index in [0.717, 1.165) is 19.4 Å². The lowest BCUT2D eigenvalue weighted by Gasteiger charge is -2.38. The lowest BCUT2D eigenvalue weighted by Crippen LogP contribution is -2.49. The molecule has 1 amide bonds. The number of piperidine rings is 1. The number of halogens is 1. The number of hydrogen-bond donors (Lipinski definition) is 0. The molecule has 140 valence electrons. The topological polar surface area (TPSA) is 49.6 Å². The van der Waals surface area contributed by atoms with Crippen molar-refractivity contribution in [3.8, 4) is 0 Å². The molecule has 1 saturated heterocycles. The van der Waals surface area contributed by atoms with Gasteiger partial charge >= 0.3 is 0 Å². The highest BCUT2D eigenvalue weighted by Crippen LogP contribution is 2.33. The van der Waals surface area contributed by atoms with Gasteiger partial charge in [-0.25, -0.2) is 9.37 Å². The molecule has 6 heteroatoms. The smallest absolute Gasteiger partial charge is 0.236 e. The molecule has 3 rings (SSSR count). The maximum atomic E-state index is 13.8. The minimum Gasteiger partial charge on any atom is -0.445 e. The van der Waals surface area contributed by atoms with Crippen molar-refractivity contribution in [1.29, 1.82) is 0 Å². The van der Waals surface area contributed by atoms with E-state index in [0.29, 0.717) is 36.7 Å². The van der Waals surface area contributed by atoms with Gasteiger partial charge in [0, 0.05) is 19.5 Å². The van der Waals surface area contributed by atoms with Crippen LogP contribution in [-0.4, -0.2) is 54.4 Å². The Bertz CT molecular complexity index is 774. The number of likely N-dealkylation sites (N-methyl/N-ethyl adjacent to an activating group) is 1. The first-order valence-electron chi connectivity index (χ1n) is 8.98. The Kier molecular flexibility index (Phi) is 5.41. The van der Waals surface area contributed by atoms with Gasteiger partial charge in [-0.05, 0) is 45.5 Å². The number of rotatable bonds is 5. The number of carbonyl (C=O) groups is 1. The lowest BCUT2D eigenvalue weighted by molar-refractivity contribution is -0.134. The summed E-state index contributed by atoms with van der Waals surface area (Å²) in [6.07, 6.45) is 3.88. The third-order valence-electron chi connectivity index (χ3n) is 4.89. The average Bonchev–Trinajstić information content (AvgIpc) is 3.06. The first-order valence-corrected chi connectivity index (χ1v) is 8.98. The summed E-state index contributed by atoms with van der Waals surface area (Å²) >= 11 is 0. The molecule has 0 bridgehead atoms. The van der Waals surface area contributed by atoms with Crippen LogP contribution < -0.4 is 0 Å². The van der Waals surface area contributed by atoms with Crippen molar-refractivity contribution in [2.75, 3.05) is 33.7 Å². The molecule has 0 radical (unpaired) electrons. The number of carbonyl (C=O) groups excluding carboxylic acids is 1. The van der Waals surface area contributed by atoms with E-state index in [1.165, 1.54) is 6.07 Å². The summed E-state index contributed by atoms with van der Waals surface area (Å²) in [7, 11) is 3.79. The fourth-order valence-electron chi connectivity index (χ4n) is 3.50. The van der Waals surface area contributed by atoms with E-state index >= 15 is 0 Å². The van der Waals surface area contributed by atoms with E-state index in [1.807, 2.05) is 30.0 Å². The third-order valence-corrected chi connectivity index (χ3v) is 4.89. The van der Waals surface area contributed by atoms with Gasteiger partial charge in [-0.1, -0.05) is 18.2 Å². The van der Waals surface area contributed by atoms with Crippen LogP contribution in [0.15, 0.2) is 34.9 Å². The summed E-state index contributed by atoms with van der Waals surface area (Å²) < 4.78 is 19.8. The van der Waals surface area contributed by atoms with Gasteiger partial charge < -0.3 is 14.2 Å². The van der Waals surface area contributed by atoms with Gasteiger partial charge in [0.1, 0.15) is 11.6 Å². The highest BCUT2D eigenvalue weighted by molar-refractivity contribution is 5.78. The summed E-state index contributed by atoms with van der Waals surface area (Å²) in [6, 6.07) is 6.68. The van der Waals surface area contributed by atoms with Crippen molar-refractivity contribution < 1.29 is 13.6 Å². The minimum atomic E-state index is -0.312. The maximum Gasteiger partial charge on any atom is 0.236 e. The van der Waals surface area contributed by atoms with E-state index in [2.05, 4.69) is 11.9 Å². The second-order valence-corrected chi connectivity index (χ2v) is 7.62. The van der Waals surface area contributed by atoms with E-state index in [9.17, 15) is 9.18 Å². The van der Waals surface area contributed by atoms with Gasteiger partial charge in [0.05, 0.1) is 18.2 Å². The van der Waals surface area contributed by atoms with Crippen LogP contribution in [0.4, 0.5) is 4.39 Å². The Morgan fingerprint density at radius 1 is 1.38 bits per heavy atom. The van der Waals surface area contributed by atoms with Crippen LogP contribution in [0.3, 0.4) is 0 Å². The van der Waals surface area contributed by atoms with Crippen LogP contribution in [0.1, 0.15) is 37.0 Å². The Hall–Kier alpha value is -2.21. The summed E-state index contributed by atoms with van der Waals surface area (Å²) in [5.41, 5.74) is 0.278. The number of hydrogen-bond acceptors (Lipinski definition) is 4. The highest BCUT2D eigenvalue weighted by Gasteiger charge is 2.38. The fourth-order valence-corrected chi connectivity index (χ4v) is 3.50. The molecule has 1 aliphatic heterocycles. The van der Waals surface area contributed by atoms with Crippen LogP contribution in [-0.2, 0) is 16.6 Å². The second-order valence-electron chi connectivity index (χ2n) is 7.62. The van der Waals surface area contributed by atoms with Crippen molar-refractivity contribution in [2.45, 2.75) is 31.6 Å². The van der Waals surface area contributed by atoms with Gasteiger partial charge in [-0.2, -0.15) is 0 Å². The lowest BCUT2D eigenvalue weighted by atomic mass is 9.81. The van der Waals surface area contributed by atoms with Crippen molar-refractivity contribution in [2.24, 2.45) is 0 Å². The Labute approximate surface area is 153 Å². The third kappa shape index (κ3) is 4.12. The molecule has 0 saturated carbocycles. The van der Waals surface area contributed by atoms with E-state index in [-0.39, 0.29) is 17.1 Å². The molecular formula is C20H26FN3O2. The van der Waals surface area contributed by atoms with Gasteiger partial charge in [-0.3, -0.25) is 4.79 Å². The van der Waals surface area contributed by atoms with Crippen molar-refractivity contribution in [1.82, 2.24) is 14.8 Å². The van der Waals surface area contributed by atoms with Crippen LogP contribution in [0.5, 0.6) is 0 Å². The van der Waals surface area contributed by atoms with E-state index in [4.69, 9.17) is 4.42 Å². The van der Waals surface area contributed by atoms with Crippen molar-refractivity contribution in [3.05, 3.63) is 53.5 Å². The zero-order valence-corrected chi connectivity index (χ0v) is 15.7. The molecule has 2 aromatic rings. The fraction of sp³-hybridized carbons (Fsp3) is 0.500. The number of aromatic nitrogens is 1. The highest BCUT2D eigenvalue weighted by atomic mass is 19.1. The molecule has 0 spiro atoms. The zero-order chi connectivity index (χ0) is 18.7. The molecule has 1 fully saturated rings. The Morgan fingerprint density at radius 2 is 2.15 bits per heavy atom. The standard InChI is InChI=1S/C20H26FN3O2/c1-20(9-6-10-24(14-20)18(25)13-23(2)3)19-22-12-16(26-19)11-15-7-4-5-8-17(15)21/h4-5,7-8,12H,6,9-11,13-14H2,1-3H3/t20-/m0/s1. The first-order chi connectivity index (χ1) is 12.4. The van der Waals surface area contributed by atoms with Crippen molar-refractivity contribution >= 4 is 5.91 Å². The molecule has 1 atom stereocenters. The maximum absolute atomic E-state index is 13.8.